The number of aromatic nitrogens is 3. The molecule has 98 valence electrons. The van der Waals surface area contributed by atoms with Crippen molar-refractivity contribution in [3.05, 3.63) is 11.9 Å². The lowest BCUT2D eigenvalue weighted by molar-refractivity contribution is 0.347. The first-order chi connectivity index (χ1) is 7.97. The summed E-state index contributed by atoms with van der Waals surface area (Å²) >= 11 is 1.88. The van der Waals surface area contributed by atoms with Crippen LogP contribution in [0, 0.1) is 0 Å². The molecule has 0 saturated heterocycles. The molecule has 17 heavy (non-hydrogen) atoms. The second-order valence-electron chi connectivity index (χ2n) is 5.27. The maximum atomic E-state index is 4.19. The van der Waals surface area contributed by atoms with Gasteiger partial charge in [-0.2, -0.15) is 11.8 Å². The topological polar surface area (TPSA) is 42.7 Å². The smallest absolute Gasteiger partial charge is 0.0965 e. The van der Waals surface area contributed by atoms with Gasteiger partial charge >= 0.3 is 0 Å². The third-order valence-corrected chi connectivity index (χ3v) is 3.40. The second kappa shape index (κ2) is 6.40. The van der Waals surface area contributed by atoms with E-state index in [1.165, 1.54) is 0 Å². The summed E-state index contributed by atoms with van der Waals surface area (Å²) in [5, 5.41) is 11.9. The number of hydrogen-bond donors (Lipinski definition) is 1. The van der Waals surface area contributed by atoms with Gasteiger partial charge < -0.3 is 5.32 Å². The van der Waals surface area contributed by atoms with Gasteiger partial charge in [0.05, 0.1) is 17.4 Å². The monoisotopic (exact) mass is 256 g/mol. The summed E-state index contributed by atoms with van der Waals surface area (Å²) in [7, 11) is 0. The van der Waals surface area contributed by atoms with Crippen LogP contribution in [0.4, 0.5) is 0 Å². The molecule has 4 nitrogen and oxygen atoms in total. The number of nitrogens with zero attached hydrogens (tertiary/aromatic N) is 3. The van der Waals surface area contributed by atoms with Crippen LogP contribution in [0.15, 0.2) is 6.20 Å². The third-order valence-electron chi connectivity index (χ3n) is 2.66. The Morgan fingerprint density at radius 1 is 1.47 bits per heavy atom. The van der Waals surface area contributed by atoms with Crippen molar-refractivity contribution in [3.63, 3.8) is 0 Å². The zero-order valence-electron chi connectivity index (χ0n) is 11.5. The lowest BCUT2D eigenvalue weighted by atomic mass is 10.1. The molecule has 1 unspecified atom stereocenters. The van der Waals surface area contributed by atoms with Crippen molar-refractivity contribution in [2.75, 3.05) is 12.0 Å². The first-order valence-electron chi connectivity index (χ1n) is 6.11. The molecule has 0 bridgehead atoms. The highest BCUT2D eigenvalue weighted by Gasteiger charge is 2.15. The number of nitrogens with one attached hydrogen (secondary N) is 1. The molecule has 5 heteroatoms. The fourth-order valence-electron chi connectivity index (χ4n) is 1.48. The number of rotatable bonds is 6. The molecule has 0 amide bonds. The Hall–Kier alpha value is -0.550. The Morgan fingerprint density at radius 3 is 2.65 bits per heavy atom. The summed E-state index contributed by atoms with van der Waals surface area (Å²) < 4.78 is 1.92. The SMILES string of the molecule is CCC(CSC)NCc1cn(C(C)(C)C)nn1. The van der Waals surface area contributed by atoms with E-state index in [-0.39, 0.29) is 5.54 Å². The maximum absolute atomic E-state index is 4.19. The fourth-order valence-corrected chi connectivity index (χ4v) is 2.23. The van der Waals surface area contributed by atoms with E-state index in [9.17, 15) is 0 Å². The predicted octanol–water partition coefficient (Wildman–Crippen LogP) is 2.26. The molecule has 1 aromatic rings. The molecular weight excluding hydrogens is 232 g/mol. The van der Waals surface area contributed by atoms with E-state index >= 15 is 0 Å². The Bertz CT molecular complexity index is 329. The van der Waals surface area contributed by atoms with Gasteiger partial charge in [0.25, 0.3) is 0 Å². The van der Waals surface area contributed by atoms with E-state index in [4.69, 9.17) is 0 Å². The molecule has 0 aliphatic heterocycles. The Balaban J connectivity index is 2.49. The van der Waals surface area contributed by atoms with E-state index in [1.54, 1.807) is 0 Å². The molecule has 0 aromatic carbocycles. The molecule has 1 atom stereocenters. The molecule has 0 spiro atoms. The molecule has 1 heterocycles. The van der Waals surface area contributed by atoms with E-state index < -0.39 is 0 Å². The standard InChI is InChI=1S/C12H24N4S/c1-6-10(9-17-5)13-7-11-8-16(15-14-11)12(2,3)4/h8,10,13H,6-7,9H2,1-5H3. The predicted molar refractivity (Wildman–Crippen MR) is 74.3 cm³/mol. The van der Waals surface area contributed by atoms with Crippen LogP contribution >= 0.6 is 11.8 Å². The van der Waals surface area contributed by atoms with Gasteiger partial charge in [0.2, 0.25) is 0 Å². The molecule has 1 aromatic heterocycles. The van der Waals surface area contributed by atoms with E-state index in [1.807, 2.05) is 22.6 Å². The van der Waals surface area contributed by atoms with Gasteiger partial charge in [-0.15, -0.1) is 5.10 Å². The van der Waals surface area contributed by atoms with Crippen molar-refractivity contribution in [1.82, 2.24) is 20.3 Å². The largest absolute Gasteiger partial charge is 0.307 e. The van der Waals surface area contributed by atoms with E-state index in [2.05, 4.69) is 49.6 Å². The van der Waals surface area contributed by atoms with Crippen LogP contribution in [-0.2, 0) is 12.1 Å². The van der Waals surface area contributed by atoms with Crippen molar-refractivity contribution in [2.24, 2.45) is 0 Å². The van der Waals surface area contributed by atoms with Gasteiger partial charge in [0.15, 0.2) is 0 Å². The Morgan fingerprint density at radius 2 is 2.18 bits per heavy atom. The quantitative estimate of drug-likeness (QED) is 0.848. The molecule has 0 fully saturated rings. The van der Waals surface area contributed by atoms with Gasteiger partial charge in [-0.1, -0.05) is 12.1 Å². The molecule has 0 aliphatic carbocycles. The minimum Gasteiger partial charge on any atom is -0.307 e. The number of thioether (sulfide) groups is 1. The average Bonchev–Trinajstić information content (AvgIpc) is 2.72. The first-order valence-corrected chi connectivity index (χ1v) is 7.50. The summed E-state index contributed by atoms with van der Waals surface area (Å²) in [5.41, 5.74) is 1.02. The average molecular weight is 256 g/mol. The Labute approximate surface area is 109 Å². The molecule has 0 aliphatic rings. The van der Waals surface area contributed by atoms with Crippen molar-refractivity contribution in [3.8, 4) is 0 Å². The highest BCUT2D eigenvalue weighted by atomic mass is 32.2. The molecule has 1 N–H and O–H groups in total. The maximum Gasteiger partial charge on any atom is 0.0965 e. The summed E-state index contributed by atoms with van der Waals surface area (Å²) in [4.78, 5) is 0. The van der Waals surface area contributed by atoms with Crippen LogP contribution in [0.25, 0.3) is 0 Å². The summed E-state index contributed by atoms with van der Waals surface area (Å²) in [5.74, 6) is 1.14. The van der Waals surface area contributed by atoms with Crippen LogP contribution in [0.2, 0.25) is 0 Å². The van der Waals surface area contributed by atoms with Gasteiger partial charge in [-0.05, 0) is 33.4 Å². The lowest BCUT2D eigenvalue weighted by Gasteiger charge is -2.17. The minimum absolute atomic E-state index is 0.00861. The second-order valence-corrected chi connectivity index (χ2v) is 6.18. The zero-order valence-corrected chi connectivity index (χ0v) is 12.3. The van der Waals surface area contributed by atoms with E-state index in [0.717, 1.165) is 24.4 Å². The molecular formula is C12H24N4S. The Kier molecular flexibility index (Phi) is 5.46. The van der Waals surface area contributed by atoms with Crippen LogP contribution in [0.5, 0.6) is 0 Å². The number of hydrogen-bond acceptors (Lipinski definition) is 4. The van der Waals surface area contributed by atoms with Crippen LogP contribution in [-0.4, -0.2) is 33.0 Å². The van der Waals surface area contributed by atoms with Gasteiger partial charge in [0, 0.05) is 18.3 Å². The highest BCUT2D eigenvalue weighted by molar-refractivity contribution is 7.98. The van der Waals surface area contributed by atoms with Gasteiger partial charge in [-0.25, -0.2) is 4.68 Å². The minimum atomic E-state index is 0.00861. The molecule has 0 radical (unpaired) electrons. The summed E-state index contributed by atoms with van der Waals surface area (Å²) in [6.07, 6.45) is 5.31. The molecule has 0 saturated carbocycles. The fraction of sp³-hybridized carbons (Fsp3) is 0.833. The third kappa shape index (κ3) is 4.68. The van der Waals surface area contributed by atoms with Crippen molar-refractivity contribution >= 4 is 11.8 Å². The zero-order chi connectivity index (χ0) is 12.9. The normalized spacial score (nSPS) is 13.9. The van der Waals surface area contributed by atoms with Crippen LogP contribution < -0.4 is 5.32 Å². The lowest BCUT2D eigenvalue weighted by Crippen LogP contribution is -2.30. The summed E-state index contributed by atoms with van der Waals surface area (Å²) in [6.45, 7) is 9.39. The highest BCUT2D eigenvalue weighted by Crippen LogP contribution is 2.11. The molecule has 1 rings (SSSR count). The van der Waals surface area contributed by atoms with Crippen LogP contribution in [0.1, 0.15) is 39.8 Å². The van der Waals surface area contributed by atoms with E-state index in [0.29, 0.717) is 6.04 Å². The van der Waals surface area contributed by atoms with Gasteiger partial charge in [-0.3, -0.25) is 0 Å². The summed E-state index contributed by atoms with van der Waals surface area (Å²) in [6, 6.07) is 0.560. The van der Waals surface area contributed by atoms with Gasteiger partial charge in [0.1, 0.15) is 0 Å². The van der Waals surface area contributed by atoms with Crippen molar-refractivity contribution < 1.29 is 0 Å². The van der Waals surface area contributed by atoms with Crippen molar-refractivity contribution in [1.29, 1.82) is 0 Å². The van der Waals surface area contributed by atoms with Crippen molar-refractivity contribution in [2.45, 2.75) is 52.2 Å². The van der Waals surface area contributed by atoms with Crippen LogP contribution in [0.3, 0.4) is 0 Å². The first kappa shape index (κ1) is 14.5.